The molecule has 0 saturated heterocycles. The normalized spacial score (nSPS) is 10.6. The lowest BCUT2D eigenvalue weighted by Gasteiger charge is -1.99. The maximum Gasteiger partial charge on any atom is 0.350 e. The third kappa shape index (κ3) is 1.81. The lowest BCUT2D eigenvalue weighted by molar-refractivity contribution is -0.121. The quantitative estimate of drug-likeness (QED) is 0.767. The summed E-state index contributed by atoms with van der Waals surface area (Å²) in [6.45, 7) is 2.32. The Morgan fingerprint density at radius 2 is 2.31 bits per heavy atom. The Morgan fingerprint density at radius 1 is 1.50 bits per heavy atom. The Kier molecular flexibility index (Phi) is 2.72. The van der Waals surface area contributed by atoms with Gasteiger partial charge in [0.2, 0.25) is 5.91 Å². The highest BCUT2D eigenvalue weighted by molar-refractivity contribution is 5.75. The molecule has 0 saturated carbocycles. The molecule has 0 bridgehead atoms. The first-order chi connectivity index (χ1) is 7.72. The fraction of sp³-hybridized carbons (Fsp3) is 0.300. The standard InChI is InChI=1S/C10H12N4O2/c1-2-11-9(15)7-14-10(16)13-6-4-3-5-8(13)12-14/h3-6H,2,7H2,1H3,(H,11,15). The van der Waals surface area contributed by atoms with E-state index in [-0.39, 0.29) is 18.1 Å². The monoisotopic (exact) mass is 220 g/mol. The van der Waals surface area contributed by atoms with Gasteiger partial charge in [-0.25, -0.2) is 9.48 Å². The van der Waals surface area contributed by atoms with E-state index in [1.54, 1.807) is 24.4 Å². The summed E-state index contributed by atoms with van der Waals surface area (Å²) >= 11 is 0. The molecule has 6 nitrogen and oxygen atoms in total. The van der Waals surface area contributed by atoms with Crippen LogP contribution in [-0.4, -0.2) is 26.6 Å². The predicted molar refractivity (Wildman–Crippen MR) is 58.1 cm³/mol. The summed E-state index contributed by atoms with van der Waals surface area (Å²) in [6.07, 6.45) is 1.62. The molecule has 84 valence electrons. The number of hydrogen-bond donors (Lipinski definition) is 1. The molecule has 6 heteroatoms. The summed E-state index contributed by atoms with van der Waals surface area (Å²) in [6, 6.07) is 5.25. The number of carbonyl (C=O) groups excluding carboxylic acids is 1. The number of aromatic nitrogens is 3. The largest absolute Gasteiger partial charge is 0.355 e. The van der Waals surface area contributed by atoms with Gasteiger partial charge in [0.1, 0.15) is 6.54 Å². The van der Waals surface area contributed by atoms with Crippen LogP contribution in [0.2, 0.25) is 0 Å². The molecule has 2 aromatic rings. The minimum atomic E-state index is -0.304. The zero-order chi connectivity index (χ0) is 11.5. The molecule has 0 aromatic carbocycles. The maximum atomic E-state index is 11.8. The minimum Gasteiger partial charge on any atom is -0.355 e. The second-order valence-corrected chi connectivity index (χ2v) is 3.32. The SMILES string of the molecule is CCNC(=O)Cn1nc2ccccn2c1=O. The van der Waals surface area contributed by atoms with Crippen molar-refractivity contribution < 1.29 is 4.79 Å². The molecule has 2 heterocycles. The van der Waals surface area contributed by atoms with Crippen LogP contribution in [0.3, 0.4) is 0 Å². The molecule has 1 amide bonds. The van der Waals surface area contributed by atoms with Gasteiger partial charge >= 0.3 is 5.69 Å². The second kappa shape index (κ2) is 4.18. The molecular weight excluding hydrogens is 208 g/mol. The number of fused-ring (bicyclic) bond motifs is 1. The number of hydrogen-bond acceptors (Lipinski definition) is 3. The number of rotatable bonds is 3. The Morgan fingerprint density at radius 3 is 3.00 bits per heavy atom. The maximum absolute atomic E-state index is 11.8. The molecule has 0 aliphatic heterocycles. The fourth-order valence-corrected chi connectivity index (χ4v) is 1.46. The molecule has 16 heavy (non-hydrogen) atoms. The summed E-state index contributed by atoms with van der Waals surface area (Å²) in [5.41, 5.74) is 0.235. The van der Waals surface area contributed by atoms with Crippen LogP contribution in [0.15, 0.2) is 29.2 Å². The molecule has 0 aliphatic carbocycles. The molecular formula is C10H12N4O2. The third-order valence-corrected chi connectivity index (χ3v) is 2.16. The third-order valence-electron chi connectivity index (χ3n) is 2.16. The van der Waals surface area contributed by atoms with Crippen LogP contribution < -0.4 is 11.0 Å². The topological polar surface area (TPSA) is 68.4 Å². The zero-order valence-electron chi connectivity index (χ0n) is 8.88. The van der Waals surface area contributed by atoms with Crippen LogP contribution in [0.5, 0.6) is 0 Å². The van der Waals surface area contributed by atoms with Gasteiger partial charge in [-0.1, -0.05) is 6.07 Å². The van der Waals surface area contributed by atoms with Gasteiger partial charge in [-0.15, -0.1) is 5.10 Å². The van der Waals surface area contributed by atoms with E-state index in [9.17, 15) is 9.59 Å². The number of likely N-dealkylation sites (N-methyl/N-ethyl adjacent to an activating group) is 1. The van der Waals surface area contributed by atoms with Gasteiger partial charge in [-0.3, -0.25) is 9.20 Å². The van der Waals surface area contributed by atoms with E-state index in [1.807, 2.05) is 6.92 Å². The van der Waals surface area contributed by atoms with Gasteiger partial charge in [0.25, 0.3) is 0 Å². The van der Waals surface area contributed by atoms with Crippen molar-refractivity contribution in [3.8, 4) is 0 Å². The number of pyridine rings is 1. The average Bonchev–Trinajstić information content (AvgIpc) is 2.57. The summed E-state index contributed by atoms with van der Waals surface area (Å²) in [5, 5.41) is 6.66. The van der Waals surface area contributed by atoms with Crippen molar-refractivity contribution >= 4 is 11.6 Å². The molecule has 0 fully saturated rings. The van der Waals surface area contributed by atoms with Crippen molar-refractivity contribution in [2.45, 2.75) is 13.5 Å². The van der Waals surface area contributed by atoms with Crippen molar-refractivity contribution in [3.05, 3.63) is 34.9 Å². The van der Waals surface area contributed by atoms with E-state index in [1.165, 1.54) is 4.40 Å². The van der Waals surface area contributed by atoms with Crippen molar-refractivity contribution in [3.63, 3.8) is 0 Å². The molecule has 1 N–H and O–H groups in total. The van der Waals surface area contributed by atoms with Gasteiger partial charge in [0.15, 0.2) is 5.65 Å². The van der Waals surface area contributed by atoms with Gasteiger partial charge in [-0.05, 0) is 19.1 Å². The number of nitrogens with zero attached hydrogens (tertiary/aromatic N) is 3. The molecule has 0 spiro atoms. The Hall–Kier alpha value is -2.11. The minimum absolute atomic E-state index is 0.0473. The average molecular weight is 220 g/mol. The molecule has 0 aliphatic rings. The van der Waals surface area contributed by atoms with Gasteiger partial charge < -0.3 is 5.32 Å². The van der Waals surface area contributed by atoms with Crippen LogP contribution in [-0.2, 0) is 11.3 Å². The summed E-state index contributed by atoms with van der Waals surface area (Å²) < 4.78 is 2.56. The van der Waals surface area contributed by atoms with E-state index in [2.05, 4.69) is 10.4 Å². The molecule has 2 rings (SSSR count). The highest BCUT2D eigenvalue weighted by Crippen LogP contribution is 1.94. The molecule has 0 unspecified atom stereocenters. The number of nitrogens with one attached hydrogen (secondary N) is 1. The fourth-order valence-electron chi connectivity index (χ4n) is 1.46. The van der Waals surface area contributed by atoms with Gasteiger partial charge in [0, 0.05) is 12.7 Å². The first-order valence-electron chi connectivity index (χ1n) is 5.03. The molecule has 0 atom stereocenters. The lowest BCUT2D eigenvalue weighted by atomic mass is 10.5. The van der Waals surface area contributed by atoms with Gasteiger partial charge in [0.05, 0.1) is 0 Å². The van der Waals surface area contributed by atoms with E-state index in [4.69, 9.17) is 0 Å². The smallest absolute Gasteiger partial charge is 0.350 e. The van der Waals surface area contributed by atoms with Gasteiger partial charge in [-0.2, -0.15) is 0 Å². The first kappa shape index (κ1) is 10.4. The lowest BCUT2D eigenvalue weighted by Crippen LogP contribution is -2.32. The van der Waals surface area contributed by atoms with E-state index >= 15 is 0 Å². The van der Waals surface area contributed by atoms with E-state index < -0.39 is 0 Å². The number of carbonyl (C=O) groups is 1. The first-order valence-corrected chi connectivity index (χ1v) is 5.03. The van der Waals surface area contributed by atoms with E-state index in [0.717, 1.165) is 4.68 Å². The Balaban J connectivity index is 2.35. The Labute approximate surface area is 91.5 Å². The van der Waals surface area contributed by atoms with Crippen molar-refractivity contribution in [1.29, 1.82) is 0 Å². The highest BCUT2D eigenvalue weighted by atomic mass is 16.2. The number of amides is 1. The van der Waals surface area contributed by atoms with Crippen LogP contribution in [0.25, 0.3) is 5.65 Å². The van der Waals surface area contributed by atoms with Crippen molar-refractivity contribution in [2.75, 3.05) is 6.54 Å². The molecule has 2 aromatic heterocycles. The predicted octanol–water partition coefficient (Wildman–Crippen LogP) is -0.368. The molecule has 0 radical (unpaired) electrons. The van der Waals surface area contributed by atoms with Crippen LogP contribution in [0.1, 0.15) is 6.92 Å². The Bertz CT molecular complexity index is 569. The summed E-state index contributed by atoms with van der Waals surface area (Å²) in [7, 11) is 0. The van der Waals surface area contributed by atoms with Crippen LogP contribution in [0.4, 0.5) is 0 Å². The highest BCUT2D eigenvalue weighted by Gasteiger charge is 2.08. The van der Waals surface area contributed by atoms with Crippen LogP contribution in [0, 0.1) is 0 Å². The van der Waals surface area contributed by atoms with Crippen LogP contribution >= 0.6 is 0 Å². The zero-order valence-corrected chi connectivity index (χ0v) is 8.88. The summed E-state index contributed by atoms with van der Waals surface area (Å²) in [4.78, 5) is 23.1. The van der Waals surface area contributed by atoms with E-state index in [0.29, 0.717) is 12.2 Å². The second-order valence-electron chi connectivity index (χ2n) is 3.32. The summed E-state index contributed by atoms with van der Waals surface area (Å²) in [5.74, 6) is -0.215. The van der Waals surface area contributed by atoms with Crippen molar-refractivity contribution in [1.82, 2.24) is 19.5 Å². The van der Waals surface area contributed by atoms with Crippen molar-refractivity contribution in [2.24, 2.45) is 0 Å².